The number of aliphatic hydroxyl groups excluding tert-OH is 1. The van der Waals surface area contributed by atoms with E-state index in [9.17, 15) is 9.90 Å². The molecule has 0 fully saturated rings. The smallest absolute Gasteiger partial charge is 0.206 e. The van der Waals surface area contributed by atoms with E-state index in [1.54, 1.807) is 19.1 Å². The predicted molar refractivity (Wildman–Crippen MR) is 115 cm³/mol. The van der Waals surface area contributed by atoms with Crippen LogP contribution in [0, 0.1) is 0 Å². The molecular formula is C23H19Cl2NO3. The number of hydrogen-bond acceptors (Lipinski definition) is 4. The second kappa shape index (κ2) is 7.81. The fourth-order valence-electron chi connectivity index (χ4n) is 3.50. The zero-order valence-electron chi connectivity index (χ0n) is 15.6. The van der Waals surface area contributed by atoms with E-state index in [2.05, 4.69) is 0 Å². The molecule has 0 bridgehead atoms. The number of benzene rings is 3. The maximum atomic E-state index is 13.0. The summed E-state index contributed by atoms with van der Waals surface area (Å²) in [4.78, 5) is 13.0. The van der Waals surface area contributed by atoms with Crippen molar-refractivity contribution < 1.29 is 14.6 Å². The number of nitrogens with two attached hydrogens (primary N) is 1. The van der Waals surface area contributed by atoms with Crippen LogP contribution in [-0.2, 0) is 0 Å². The normalized spacial score (nSPS) is 18.8. The predicted octanol–water partition coefficient (Wildman–Crippen LogP) is 5.36. The van der Waals surface area contributed by atoms with Crippen molar-refractivity contribution in [1.29, 1.82) is 0 Å². The monoisotopic (exact) mass is 427 g/mol. The van der Waals surface area contributed by atoms with Crippen LogP contribution in [0.4, 0.5) is 0 Å². The lowest BCUT2D eigenvalue weighted by atomic mass is 9.95. The van der Waals surface area contributed by atoms with Crippen LogP contribution in [-0.4, -0.2) is 17.0 Å². The van der Waals surface area contributed by atoms with Gasteiger partial charge < -0.3 is 15.6 Å². The molecular weight excluding hydrogens is 409 g/mol. The molecule has 6 heteroatoms. The molecule has 1 heterocycles. The standard InChI is InChI=1S/C23H19Cl2NO3/c1-12(27)13-3-2-4-14(9-13)15-5-7-18-20(10-15)29-23(21(18)26)22(28)17-8-6-16(24)11-19(17)25/h2-12,21,23,27H,26H2,1H3. The van der Waals surface area contributed by atoms with Crippen LogP contribution in [0.5, 0.6) is 5.75 Å². The number of hydrogen-bond donors (Lipinski definition) is 2. The van der Waals surface area contributed by atoms with Crippen LogP contribution < -0.4 is 10.5 Å². The van der Waals surface area contributed by atoms with Crippen molar-refractivity contribution in [2.24, 2.45) is 5.73 Å². The van der Waals surface area contributed by atoms with Gasteiger partial charge in [0.2, 0.25) is 5.78 Å². The highest BCUT2D eigenvalue weighted by atomic mass is 35.5. The van der Waals surface area contributed by atoms with Crippen LogP contribution >= 0.6 is 23.2 Å². The van der Waals surface area contributed by atoms with Gasteiger partial charge >= 0.3 is 0 Å². The summed E-state index contributed by atoms with van der Waals surface area (Å²) >= 11 is 12.1. The van der Waals surface area contributed by atoms with Crippen molar-refractivity contribution in [1.82, 2.24) is 0 Å². The summed E-state index contributed by atoms with van der Waals surface area (Å²) in [6.45, 7) is 1.72. The van der Waals surface area contributed by atoms with Crippen LogP contribution in [0.2, 0.25) is 10.0 Å². The van der Waals surface area contributed by atoms with Crippen LogP contribution in [0.25, 0.3) is 11.1 Å². The van der Waals surface area contributed by atoms with Gasteiger partial charge in [0.15, 0.2) is 6.10 Å². The number of Topliss-reactive ketones (excluding diaryl/α,β-unsaturated/α-hetero) is 1. The average Bonchev–Trinajstić information content (AvgIpc) is 3.03. The van der Waals surface area contributed by atoms with E-state index in [4.69, 9.17) is 33.7 Å². The van der Waals surface area contributed by atoms with Crippen molar-refractivity contribution >= 4 is 29.0 Å². The number of halogens is 2. The van der Waals surface area contributed by atoms with Crippen molar-refractivity contribution in [2.45, 2.75) is 25.2 Å². The van der Waals surface area contributed by atoms with Gasteiger partial charge in [-0.1, -0.05) is 53.5 Å². The molecule has 0 radical (unpaired) electrons. The van der Waals surface area contributed by atoms with Gasteiger partial charge in [-0.3, -0.25) is 4.79 Å². The summed E-state index contributed by atoms with van der Waals surface area (Å²) in [5, 5.41) is 10.6. The third-order valence-electron chi connectivity index (χ3n) is 5.11. The van der Waals surface area contributed by atoms with Gasteiger partial charge in [0.25, 0.3) is 0 Å². The van der Waals surface area contributed by atoms with E-state index >= 15 is 0 Å². The second-order valence-corrected chi connectivity index (χ2v) is 7.95. The van der Waals surface area contributed by atoms with E-state index < -0.39 is 18.2 Å². The topological polar surface area (TPSA) is 72.5 Å². The Morgan fingerprint density at radius 1 is 1.07 bits per heavy atom. The van der Waals surface area contributed by atoms with Crippen molar-refractivity contribution in [2.75, 3.05) is 0 Å². The molecule has 0 aromatic heterocycles. The molecule has 148 valence electrons. The number of ether oxygens (including phenoxy) is 1. The maximum Gasteiger partial charge on any atom is 0.206 e. The minimum absolute atomic E-state index is 0.268. The molecule has 29 heavy (non-hydrogen) atoms. The average molecular weight is 428 g/mol. The number of carbonyl (C=O) groups excluding carboxylic acids is 1. The van der Waals surface area contributed by atoms with E-state index in [0.717, 1.165) is 22.3 Å². The lowest BCUT2D eigenvalue weighted by Crippen LogP contribution is -2.33. The largest absolute Gasteiger partial charge is 0.480 e. The molecule has 0 spiro atoms. The fraction of sp³-hybridized carbons (Fsp3) is 0.174. The number of rotatable bonds is 4. The first-order valence-electron chi connectivity index (χ1n) is 9.19. The summed E-state index contributed by atoms with van der Waals surface area (Å²) in [5.74, 6) is 0.286. The highest BCUT2D eigenvalue weighted by Gasteiger charge is 2.38. The van der Waals surface area contributed by atoms with E-state index in [1.807, 2.05) is 42.5 Å². The molecule has 1 aliphatic rings. The molecule has 3 unspecified atom stereocenters. The molecule has 4 rings (SSSR count). The number of ketones is 1. The molecule has 1 aliphatic heterocycles. The van der Waals surface area contributed by atoms with Gasteiger partial charge in [-0.25, -0.2) is 0 Å². The number of fused-ring (bicyclic) bond motifs is 1. The molecule has 0 amide bonds. The highest BCUT2D eigenvalue weighted by molar-refractivity contribution is 6.37. The zero-order valence-corrected chi connectivity index (χ0v) is 17.1. The van der Waals surface area contributed by atoms with Crippen LogP contribution in [0.3, 0.4) is 0 Å². The summed E-state index contributed by atoms with van der Waals surface area (Å²) in [5.41, 5.74) is 10.1. The van der Waals surface area contributed by atoms with Gasteiger partial charge in [-0.15, -0.1) is 0 Å². The minimum atomic E-state index is -0.859. The first-order chi connectivity index (χ1) is 13.8. The number of aliphatic hydroxyl groups is 1. The Bertz CT molecular complexity index is 1100. The number of carbonyl (C=O) groups is 1. The summed E-state index contributed by atoms with van der Waals surface area (Å²) < 4.78 is 5.94. The van der Waals surface area contributed by atoms with Gasteiger partial charge in [0, 0.05) is 16.1 Å². The summed E-state index contributed by atoms with van der Waals surface area (Å²) in [6, 6.07) is 17.5. The molecule has 0 saturated carbocycles. The second-order valence-electron chi connectivity index (χ2n) is 7.11. The molecule has 3 atom stereocenters. The first-order valence-corrected chi connectivity index (χ1v) is 9.94. The van der Waals surface area contributed by atoms with Crippen molar-refractivity contribution in [3.8, 4) is 16.9 Å². The maximum absolute atomic E-state index is 13.0. The van der Waals surface area contributed by atoms with Crippen LogP contribution in [0.15, 0.2) is 60.7 Å². The van der Waals surface area contributed by atoms with Gasteiger partial charge in [0.1, 0.15) is 5.75 Å². The molecule has 0 aliphatic carbocycles. The third kappa shape index (κ3) is 3.77. The quantitative estimate of drug-likeness (QED) is 0.549. The SMILES string of the molecule is CC(O)c1cccc(-c2ccc3c(c2)OC(C(=O)c2ccc(Cl)cc2Cl)C3N)c1. The van der Waals surface area contributed by atoms with Crippen molar-refractivity contribution in [3.05, 3.63) is 87.4 Å². The van der Waals surface area contributed by atoms with Crippen molar-refractivity contribution in [3.63, 3.8) is 0 Å². The fourth-order valence-corrected chi connectivity index (χ4v) is 4.00. The zero-order chi connectivity index (χ0) is 20.7. The van der Waals surface area contributed by atoms with Gasteiger partial charge in [-0.2, -0.15) is 0 Å². The van der Waals surface area contributed by atoms with Gasteiger partial charge in [0.05, 0.1) is 17.2 Å². The molecule has 4 nitrogen and oxygen atoms in total. The molecule has 3 aromatic rings. The lowest BCUT2D eigenvalue weighted by molar-refractivity contribution is 0.0795. The lowest BCUT2D eigenvalue weighted by Gasteiger charge is -2.15. The molecule has 3 N–H and O–H groups in total. The van der Waals surface area contributed by atoms with Gasteiger partial charge in [-0.05, 0) is 53.9 Å². The van der Waals surface area contributed by atoms with Crippen LogP contribution in [0.1, 0.15) is 40.6 Å². The minimum Gasteiger partial charge on any atom is -0.480 e. The summed E-state index contributed by atoms with van der Waals surface area (Å²) in [6.07, 6.45) is -1.41. The Balaban J connectivity index is 1.64. The Labute approximate surface area is 178 Å². The Hall–Kier alpha value is -2.37. The molecule has 3 aromatic carbocycles. The molecule has 0 saturated heterocycles. The Morgan fingerprint density at radius 2 is 1.83 bits per heavy atom. The Kier molecular flexibility index (Phi) is 5.36. The highest BCUT2D eigenvalue weighted by Crippen LogP contribution is 2.40. The Morgan fingerprint density at radius 3 is 2.55 bits per heavy atom. The van der Waals surface area contributed by atoms with E-state index in [1.165, 1.54) is 6.07 Å². The summed E-state index contributed by atoms with van der Waals surface area (Å²) in [7, 11) is 0. The van der Waals surface area contributed by atoms with E-state index in [-0.39, 0.29) is 10.8 Å². The third-order valence-corrected chi connectivity index (χ3v) is 5.66. The van der Waals surface area contributed by atoms with E-state index in [0.29, 0.717) is 16.3 Å². The first kappa shape index (κ1) is 19.9.